The van der Waals surface area contributed by atoms with Gasteiger partial charge in [0.2, 0.25) is 0 Å². The van der Waals surface area contributed by atoms with E-state index in [0.29, 0.717) is 22.7 Å². The van der Waals surface area contributed by atoms with Gasteiger partial charge in [-0.3, -0.25) is 0 Å². The minimum atomic E-state index is -0.329. The molecule has 0 aliphatic heterocycles. The minimum absolute atomic E-state index is 0.329. The second-order valence-corrected chi connectivity index (χ2v) is 10.7. The molecule has 4 saturated carbocycles. The monoisotopic (exact) mass is 344 g/mol. The molecule has 0 aromatic rings. The molecule has 1 heteroatoms. The van der Waals surface area contributed by atoms with E-state index in [1.165, 1.54) is 64.2 Å². The highest BCUT2D eigenvalue weighted by Crippen LogP contribution is 2.68. The van der Waals surface area contributed by atoms with E-state index in [-0.39, 0.29) is 6.10 Å². The smallest absolute Gasteiger partial charge is 0.0746 e. The maximum absolute atomic E-state index is 10.4. The third-order valence-electron chi connectivity index (χ3n) is 10.1. The molecule has 0 amide bonds. The standard InChI is InChI=1S/C24H40O/c1-5-22(25)16(2)19-11-12-20-18-10-9-17-8-6-7-14-23(17,3)21(18)13-15-24(19,20)4/h5,16-22,25H,1,6-15H2,2-4H3/t16?,17?,18-,19+,20-,21-,22?,23-,24+/m0/s1. The summed E-state index contributed by atoms with van der Waals surface area (Å²) in [7, 11) is 0. The van der Waals surface area contributed by atoms with Gasteiger partial charge in [-0.1, -0.05) is 39.7 Å². The Bertz CT molecular complexity index is 512. The van der Waals surface area contributed by atoms with Crippen molar-refractivity contribution in [2.24, 2.45) is 46.3 Å². The van der Waals surface area contributed by atoms with Crippen molar-refractivity contribution >= 4 is 0 Å². The second-order valence-electron chi connectivity index (χ2n) is 10.7. The predicted molar refractivity (Wildman–Crippen MR) is 105 cm³/mol. The third kappa shape index (κ3) is 2.59. The van der Waals surface area contributed by atoms with Crippen LogP contribution in [0.15, 0.2) is 12.7 Å². The van der Waals surface area contributed by atoms with Crippen LogP contribution in [0.25, 0.3) is 0 Å². The highest BCUT2D eigenvalue weighted by atomic mass is 16.3. The van der Waals surface area contributed by atoms with Crippen LogP contribution in [-0.2, 0) is 0 Å². The summed E-state index contributed by atoms with van der Waals surface area (Å²) in [5, 5.41) is 10.4. The number of aliphatic hydroxyl groups is 1. The molecule has 4 rings (SSSR count). The van der Waals surface area contributed by atoms with Crippen LogP contribution in [-0.4, -0.2) is 11.2 Å². The molecular formula is C24H40O. The lowest BCUT2D eigenvalue weighted by Gasteiger charge is -2.61. The van der Waals surface area contributed by atoms with Gasteiger partial charge in [-0.05, 0) is 97.7 Å². The molecule has 0 spiro atoms. The van der Waals surface area contributed by atoms with Crippen LogP contribution in [0.1, 0.15) is 85.0 Å². The first-order valence-corrected chi connectivity index (χ1v) is 11.2. The van der Waals surface area contributed by atoms with Crippen LogP contribution in [0.2, 0.25) is 0 Å². The van der Waals surface area contributed by atoms with Crippen molar-refractivity contribution in [1.82, 2.24) is 0 Å². The SMILES string of the molecule is C=CC(O)C(C)[C@H]1CC[C@H]2[C@@H]3CCC4CCCC[C@]4(C)[C@H]3CC[C@]12C. The Morgan fingerprint density at radius 3 is 2.44 bits per heavy atom. The van der Waals surface area contributed by atoms with E-state index in [4.69, 9.17) is 0 Å². The Morgan fingerprint density at radius 1 is 0.920 bits per heavy atom. The molecule has 9 atom stereocenters. The summed E-state index contributed by atoms with van der Waals surface area (Å²) < 4.78 is 0. The molecule has 3 unspecified atom stereocenters. The van der Waals surface area contributed by atoms with Crippen molar-refractivity contribution in [2.75, 3.05) is 0 Å². The van der Waals surface area contributed by atoms with Crippen LogP contribution in [0.5, 0.6) is 0 Å². The van der Waals surface area contributed by atoms with Crippen LogP contribution >= 0.6 is 0 Å². The molecule has 0 aromatic carbocycles. The maximum Gasteiger partial charge on any atom is 0.0746 e. The molecule has 0 radical (unpaired) electrons. The Labute approximate surface area is 155 Å². The molecular weight excluding hydrogens is 304 g/mol. The van der Waals surface area contributed by atoms with Crippen molar-refractivity contribution in [1.29, 1.82) is 0 Å². The molecule has 1 nitrogen and oxygen atoms in total. The Kier molecular flexibility index (Phi) is 4.63. The average molecular weight is 345 g/mol. The molecule has 1 N–H and O–H groups in total. The summed E-state index contributed by atoms with van der Waals surface area (Å²) in [6, 6.07) is 0. The molecule has 25 heavy (non-hydrogen) atoms. The molecule has 4 fully saturated rings. The lowest BCUT2D eigenvalue weighted by molar-refractivity contribution is -0.116. The van der Waals surface area contributed by atoms with Gasteiger partial charge in [-0.15, -0.1) is 6.58 Å². The fraction of sp³-hybridized carbons (Fsp3) is 0.917. The zero-order valence-corrected chi connectivity index (χ0v) is 16.8. The van der Waals surface area contributed by atoms with Crippen molar-refractivity contribution < 1.29 is 5.11 Å². The number of hydrogen-bond donors (Lipinski definition) is 1. The number of aliphatic hydroxyl groups excluding tert-OH is 1. The fourth-order valence-electron chi connectivity index (χ4n) is 8.65. The van der Waals surface area contributed by atoms with Crippen molar-refractivity contribution in [3.63, 3.8) is 0 Å². The summed E-state index contributed by atoms with van der Waals surface area (Å²) in [6.45, 7) is 11.4. The first kappa shape index (κ1) is 18.1. The lowest BCUT2D eigenvalue weighted by Crippen LogP contribution is -2.53. The zero-order valence-electron chi connectivity index (χ0n) is 16.8. The van der Waals surface area contributed by atoms with E-state index in [1.807, 2.05) is 0 Å². The van der Waals surface area contributed by atoms with Crippen LogP contribution in [0.4, 0.5) is 0 Å². The summed E-state index contributed by atoms with van der Waals surface area (Å²) >= 11 is 0. The minimum Gasteiger partial charge on any atom is -0.389 e. The largest absolute Gasteiger partial charge is 0.389 e. The molecule has 4 aliphatic rings. The first-order valence-electron chi connectivity index (χ1n) is 11.2. The average Bonchev–Trinajstić information content (AvgIpc) is 2.97. The van der Waals surface area contributed by atoms with Gasteiger partial charge in [-0.25, -0.2) is 0 Å². The molecule has 0 aromatic heterocycles. The predicted octanol–water partition coefficient (Wildman–Crippen LogP) is 6.22. The summed E-state index contributed by atoms with van der Waals surface area (Å²) in [6.07, 6.45) is 16.0. The maximum atomic E-state index is 10.4. The fourth-order valence-corrected chi connectivity index (χ4v) is 8.65. The Hall–Kier alpha value is -0.300. The van der Waals surface area contributed by atoms with Crippen molar-refractivity contribution in [3.8, 4) is 0 Å². The van der Waals surface area contributed by atoms with Gasteiger partial charge in [0.25, 0.3) is 0 Å². The summed E-state index contributed by atoms with van der Waals surface area (Å²) in [5.74, 6) is 4.94. The van der Waals surface area contributed by atoms with Crippen LogP contribution in [0, 0.1) is 46.3 Å². The highest BCUT2D eigenvalue weighted by molar-refractivity contribution is 5.10. The highest BCUT2D eigenvalue weighted by Gasteiger charge is 2.60. The van der Waals surface area contributed by atoms with E-state index in [2.05, 4.69) is 27.4 Å². The lowest BCUT2D eigenvalue weighted by atomic mass is 9.44. The molecule has 142 valence electrons. The van der Waals surface area contributed by atoms with Gasteiger partial charge < -0.3 is 5.11 Å². The molecule has 0 saturated heterocycles. The van der Waals surface area contributed by atoms with Gasteiger partial charge in [0.15, 0.2) is 0 Å². The van der Waals surface area contributed by atoms with E-state index < -0.39 is 0 Å². The van der Waals surface area contributed by atoms with E-state index >= 15 is 0 Å². The van der Waals surface area contributed by atoms with Gasteiger partial charge in [0.1, 0.15) is 0 Å². The number of hydrogen-bond acceptors (Lipinski definition) is 1. The van der Waals surface area contributed by atoms with E-state index in [9.17, 15) is 5.11 Å². The van der Waals surface area contributed by atoms with Crippen molar-refractivity contribution in [3.05, 3.63) is 12.7 Å². The van der Waals surface area contributed by atoms with Gasteiger partial charge in [-0.2, -0.15) is 0 Å². The van der Waals surface area contributed by atoms with Gasteiger partial charge in [0.05, 0.1) is 6.10 Å². The summed E-state index contributed by atoms with van der Waals surface area (Å²) in [4.78, 5) is 0. The second kappa shape index (κ2) is 6.39. The van der Waals surface area contributed by atoms with E-state index in [0.717, 1.165) is 23.7 Å². The molecule has 4 aliphatic carbocycles. The van der Waals surface area contributed by atoms with Gasteiger partial charge in [0, 0.05) is 0 Å². The van der Waals surface area contributed by atoms with Crippen LogP contribution in [0.3, 0.4) is 0 Å². The van der Waals surface area contributed by atoms with Crippen LogP contribution < -0.4 is 0 Å². The Balaban J connectivity index is 1.58. The number of fused-ring (bicyclic) bond motifs is 5. The van der Waals surface area contributed by atoms with Crippen molar-refractivity contribution in [2.45, 2.75) is 91.1 Å². The first-order chi connectivity index (χ1) is 11.9. The van der Waals surface area contributed by atoms with E-state index in [1.54, 1.807) is 6.08 Å². The quantitative estimate of drug-likeness (QED) is 0.603. The molecule has 0 heterocycles. The normalized spacial score (nSPS) is 51.8. The zero-order chi connectivity index (χ0) is 17.8. The Morgan fingerprint density at radius 2 is 1.68 bits per heavy atom. The third-order valence-corrected chi connectivity index (χ3v) is 10.1. The topological polar surface area (TPSA) is 20.2 Å². The molecule has 0 bridgehead atoms. The van der Waals surface area contributed by atoms with Gasteiger partial charge >= 0.3 is 0 Å². The number of rotatable bonds is 3. The summed E-state index contributed by atoms with van der Waals surface area (Å²) in [5.41, 5.74) is 1.11.